The minimum Gasteiger partial charge on any atom is -0.497 e. The second-order valence-corrected chi connectivity index (χ2v) is 7.25. The van der Waals surface area contributed by atoms with E-state index in [1.54, 1.807) is 19.1 Å². The number of rotatable bonds is 6. The van der Waals surface area contributed by atoms with Crippen LogP contribution in [0.3, 0.4) is 0 Å². The maximum Gasteiger partial charge on any atom is 0.225 e. The van der Waals surface area contributed by atoms with E-state index >= 15 is 0 Å². The van der Waals surface area contributed by atoms with E-state index in [1.807, 2.05) is 24.3 Å². The molecule has 7 nitrogen and oxygen atoms in total. The summed E-state index contributed by atoms with van der Waals surface area (Å²) in [5, 5.41) is 6.43. The van der Waals surface area contributed by atoms with Crippen molar-refractivity contribution < 1.29 is 14.3 Å². The number of carbonyl (C=O) groups excluding carboxylic acids is 2. The van der Waals surface area contributed by atoms with E-state index in [0.717, 1.165) is 44.0 Å². The minimum absolute atomic E-state index is 0.0327. The summed E-state index contributed by atoms with van der Waals surface area (Å²) >= 11 is 0. The lowest BCUT2D eigenvalue weighted by atomic mass is 9.84. The van der Waals surface area contributed by atoms with Crippen LogP contribution in [0.15, 0.2) is 24.3 Å². The standard InChI is InChI=1S/C20H30N4O3/c1-23-18(25)8-7-17(19(23)15-3-5-16(27-2)6-4-15)20(26)22-11-14-24-12-9-21-10-13-24/h3-6,17,19,21H,7-14H2,1-2H3,(H,22,26). The molecule has 7 heteroatoms. The molecule has 2 fully saturated rings. The highest BCUT2D eigenvalue weighted by Crippen LogP contribution is 2.36. The number of amides is 2. The summed E-state index contributed by atoms with van der Waals surface area (Å²) in [4.78, 5) is 29.2. The van der Waals surface area contributed by atoms with Crippen LogP contribution in [0.25, 0.3) is 0 Å². The van der Waals surface area contributed by atoms with Gasteiger partial charge in [-0.2, -0.15) is 0 Å². The first-order valence-corrected chi connectivity index (χ1v) is 9.70. The van der Waals surface area contributed by atoms with E-state index in [1.165, 1.54) is 0 Å². The largest absolute Gasteiger partial charge is 0.497 e. The quantitative estimate of drug-likeness (QED) is 0.764. The average Bonchev–Trinajstić information content (AvgIpc) is 2.70. The summed E-state index contributed by atoms with van der Waals surface area (Å²) in [6.45, 7) is 5.55. The predicted molar refractivity (Wildman–Crippen MR) is 104 cm³/mol. The van der Waals surface area contributed by atoms with Crippen molar-refractivity contribution in [3.05, 3.63) is 29.8 Å². The molecule has 1 aromatic rings. The van der Waals surface area contributed by atoms with Gasteiger partial charge in [0.1, 0.15) is 5.75 Å². The molecule has 148 valence electrons. The number of nitrogens with one attached hydrogen (secondary N) is 2. The van der Waals surface area contributed by atoms with Gasteiger partial charge in [0.05, 0.1) is 19.1 Å². The maximum absolute atomic E-state index is 12.9. The number of nitrogens with zero attached hydrogens (tertiary/aromatic N) is 2. The topological polar surface area (TPSA) is 73.9 Å². The van der Waals surface area contributed by atoms with Crippen molar-refractivity contribution in [3.63, 3.8) is 0 Å². The highest BCUT2D eigenvalue weighted by Gasteiger charge is 2.38. The zero-order valence-electron chi connectivity index (χ0n) is 16.2. The van der Waals surface area contributed by atoms with Gasteiger partial charge in [-0.15, -0.1) is 0 Å². The summed E-state index contributed by atoms with van der Waals surface area (Å²) in [6, 6.07) is 7.40. The summed E-state index contributed by atoms with van der Waals surface area (Å²) in [6.07, 6.45) is 0.998. The van der Waals surface area contributed by atoms with Gasteiger partial charge < -0.3 is 20.3 Å². The number of hydrogen-bond donors (Lipinski definition) is 2. The molecule has 2 saturated heterocycles. The lowest BCUT2D eigenvalue weighted by Gasteiger charge is -2.38. The summed E-state index contributed by atoms with van der Waals surface area (Å²) in [5.41, 5.74) is 0.966. The molecule has 0 aliphatic carbocycles. The molecular formula is C20H30N4O3. The molecule has 3 rings (SSSR count). The van der Waals surface area contributed by atoms with E-state index in [0.29, 0.717) is 19.4 Å². The maximum atomic E-state index is 12.9. The second kappa shape index (κ2) is 9.19. The Balaban J connectivity index is 1.64. The zero-order chi connectivity index (χ0) is 19.2. The normalized spacial score (nSPS) is 23.9. The number of ether oxygens (including phenoxy) is 1. The number of hydrogen-bond acceptors (Lipinski definition) is 5. The minimum atomic E-state index is -0.239. The van der Waals surface area contributed by atoms with Gasteiger partial charge >= 0.3 is 0 Å². The van der Waals surface area contributed by atoms with Crippen LogP contribution in [0.1, 0.15) is 24.4 Å². The number of piperazine rings is 1. The van der Waals surface area contributed by atoms with Crippen molar-refractivity contribution in [2.75, 3.05) is 53.4 Å². The monoisotopic (exact) mass is 374 g/mol. The van der Waals surface area contributed by atoms with Crippen LogP contribution < -0.4 is 15.4 Å². The third-order valence-electron chi connectivity index (χ3n) is 5.59. The fourth-order valence-electron chi connectivity index (χ4n) is 3.97. The molecular weight excluding hydrogens is 344 g/mol. The molecule has 0 bridgehead atoms. The Morgan fingerprint density at radius 2 is 1.96 bits per heavy atom. The molecule has 2 aliphatic rings. The van der Waals surface area contributed by atoms with Crippen molar-refractivity contribution in [2.45, 2.75) is 18.9 Å². The first-order valence-electron chi connectivity index (χ1n) is 9.70. The Kier molecular flexibility index (Phi) is 6.68. The molecule has 2 N–H and O–H groups in total. The Bertz CT molecular complexity index is 643. The van der Waals surface area contributed by atoms with Crippen LogP contribution in [0.4, 0.5) is 0 Å². The Morgan fingerprint density at radius 1 is 1.26 bits per heavy atom. The number of piperidine rings is 1. The van der Waals surface area contributed by atoms with E-state index in [9.17, 15) is 9.59 Å². The lowest BCUT2D eigenvalue weighted by Crippen LogP contribution is -2.49. The second-order valence-electron chi connectivity index (χ2n) is 7.25. The molecule has 2 aliphatic heterocycles. The fourth-order valence-corrected chi connectivity index (χ4v) is 3.97. The fraction of sp³-hybridized carbons (Fsp3) is 0.600. The number of benzene rings is 1. The third-order valence-corrected chi connectivity index (χ3v) is 5.59. The first kappa shape index (κ1) is 19.6. The SMILES string of the molecule is COc1ccc(C2C(C(=O)NCCN3CCNCC3)CCC(=O)N2C)cc1. The molecule has 2 amide bonds. The Labute approximate surface area is 161 Å². The summed E-state index contributed by atoms with van der Waals surface area (Å²) in [5.74, 6) is 0.649. The van der Waals surface area contributed by atoms with E-state index < -0.39 is 0 Å². The van der Waals surface area contributed by atoms with Gasteiger partial charge in [0.2, 0.25) is 11.8 Å². The van der Waals surface area contributed by atoms with E-state index in [-0.39, 0.29) is 23.8 Å². The average molecular weight is 374 g/mol. The van der Waals surface area contributed by atoms with Crippen molar-refractivity contribution in [3.8, 4) is 5.75 Å². The van der Waals surface area contributed by atoms with E-state index in [2.05, 4.69) is 15.5 Å². The molecule has 2 heterocycles. The Hall–Kier alpha value is -2.12. The smallest absolute Gasteiger partial charge is 0.225 e. The van der Waals surface area contributed by atoms with Crippen molar-refractivity contribution in [1.29, 1.82) is 0 Å². The van der Waals surface area contributed by atoms with Crippen LogP contribution >= 0.6 is 0 Å². The molecule has 2 atom stereocenters. The van der Waals surface area contributed by atoms with Crippen LogP contribution in [0, 0.1) is 5.92 Å². The van der Waals surface area contributed by atoms with Crippen molar-refractivity contribution in [1.82, 2.24) is 20.4 Å². The van der Waals surface area contributed by atoms with Gasteiger partial charge in [-0.05, 0) is 24.1 Å². The van der Waals surface area contributed by atoms with Crippen LogP contribution in [-0.2, 0) is 9.59 Å². The highest BCUT2D eigenvalue weighted by atomic mass is 16.5. The number of carbonyl (C=O) groups is 2. The third kappa shape index (κ3) is 4.78. The first-order chi connectivity index (χ1) is 13.1. The number of likely N-dealkylation sites (tertiary alicyclic amines) is 1. The zero-order valence-corrected chi connectivity index (χ0v) is 16.2. The van der Waals surface area contributed by atoms with Gasteiger partial charge in [0.15, 0.2) is 0 Å². The molecule has 27 heavy (non-hydrogen) atoms. The van der Waals surface area contributed by atoms with Gasteiger partial charge in [0, 0.05) is 52.7 Å². The molecule has 1 aromatic carbocycles. The lowest BCUT2D eigenvalue weighted by molar-refractivity contribution is -0.141. The van der Waals surface area contributed by atoms with E-state index in [4.69, 9.17) is 4.74 Å². The van der Waals surface area contributed by atoms with Crippen LogP contribution in [-0.4, -0.2) is 75.0 Å². The molecule has 0 aromatic heterocycles. The van der Waals surface area contributed by atoms with Gasteiger partial charge in [-0.1, -0.05) is 12.1 Å². The predicted octanol–water partition coefficient (Wildman–Crippen LogP) is 0.626. The van der Waals surface area contributed by atoms with Crippen LogP contribution in [0.5, 0.6) is 5.75 Å². The van der Waals surface area contributed by atoms with Crippen LogP contribution in [0.2, 0.25) is 0 Å². The van der Waals surface area contributed by atoms with Gasteiger partial charge in [-0.25, -0.2) is 0 Å². The Morgan fingerprint density at radius 3 is 2.63 bits per heavy atom. The highest BCUT2D eigenvalue weighted by molar-refractivity contribution is 5.84. The molecule has 2 unspecified atom stereocenters. The molecule has 0 saturated carbocycles. The number of methoxy groups -OCH3 is 1. The molecule has 0 radical (unpaired) electrons. The summed E-state index contributed by atoms with van der Waals surface area (Å²) in [7, 11) is 3.41. The molecule has 0 spiro atoms. The van der Waals surface area contributed by atoms with Gasteiger partial charge in [0.25, 0.3) is 0 Å². The summed E-state index contributed by atoms with van der Waals surface area (Å²) < 4.78 is 5.22. The van der Waals surface area contributed by atoms with Crippen molar-refractivity contribution >= 4 is 11.8 Å². The van der Waals surface area contributed by atoms with Gasteiger partial charge in [-0.3, -0.25) is 14.5 Å². The van der Waals surface area contributed by atoms with Crippen molar-refractivity contribution in [2.24, 2.45) is 5.92 Å².